The Hall–Kier alpha value is -4.82. The van der Waals surface area contributed by atoms with Crippen molar-refractivity contribution in [1.29, 1.82) is 0 Å². The lowest BCUT2D eigenvalue weighted by molar-refractivity contribution is -0.145. The summed E-state index contributed by atoms with van der Waals surface area (Å²) in [6, 6.07) is 15.1. The highest BCUT2D eigenvalue weighted by molar-refractivity contribution is 6.32. The number of aromatic nitrogens is 7. The number of nitrogens with one attached hydrogen (secondary N) is 2. The molecule has 0 atom stereocenters. The van der Waals surface area contributed by atoms with Gasteiger partial charge in [0.25, 0.3) is 17.6 Å². The average Bonchev–Trinajstić information content (AvgIpc) is 3.62. The molecule has 0 fully saturated rings. The molecule has 0 spiro atoms. The van der Waals surface area contributed by atoms with Gasteiger partial charge in [-0.1, -0.05) is 53.0 Å². The maximum Gasteiger partial charge on any atom is 0.455 e. The molecule has 0 unspecified atom stereocenters. The van der Waals surface area contributed by atoms with E-state index in [4.69, 9.17) is 23.2 Å². The van der Waals surface area contributed by atoms with E-state index in [0.717, 1.165) is 15.8 Å². The van der Waals surface area contributed by atoms with Crippen molar-refractivity contribution in [2.24, 2.45) is 0 Å². The van der Waals surface area contributed by atoms with Crippen molar-refractivity contribution in [3.63, 3.8) is 0 Å². The van der Waals surface area contributed by atoms with Crippen LogP contribution in [0.15, 0.2) is 60.8 Å². The van der Waals surface area contributed by atoms with E-state index in [2.05, 4.69) is 36.1 Å². The summed E-state index contributed by atoms with van der Waals surface area (Å²) in [5.74, 6) is -2.54. The molecule has 11 nitrogen and oxygen atoms in total. The number of tetrazole rings is 1. The van der Waals surface area contributed by atoms with Crippen LogP contribution >= 0.6 is 23.2 Å². The van der Waals surface area contributed by atoms with E-state index in [1.54, 1.807) is 19.1 Å². The number of anilines is 1. The number of hydrogen-bond donors (Lipinski definition) is 2. The summed E-state index contributed by atoms with van der Waals surface area (Å²) in [7, 11) is 0. The van der Waals surface area contributed by atoms with Crippen molar-refractivity contribution in [2.45, 2.75) is 33.1 Å². The minimum atomic E-state index is -4.79. The third kappa shape index (κ3) is 6.87. The summed E-state index contributed by atoms with van der Waals surface area (Å²) in [6.45, 7) is 3.51. The first-order valence-electron chi connectivity index (χ1n) is 12.9. The zero-order valence-corrected chi connectivity index (χ0v) is 24.5. The fourth-order valence-corrected chi connectivity index (χ4v) is 4.66. The van der Waals surface area contributed by atoms with Crippen molar-refractivity contribution in [3.8, 4) is 5.82 Å². The summed E-state index contributed by atoms with van der Waals surface area (Å²) in [5, 5.41) is 20.1. The normalized spacial score (nSPS) is 11.4. The van der Waals surface area contributed by atoms with Crippen LogP contribution in [0.3, 0.4) is 0 Å². The molecule has 2 N–H and O–H groups in total. The average molecular weight is 644 g/mol. The number of hydrogen-bond acceptors (Lipinski definition) is 7. The standard InChI is InChI=1S/C28H22Cl2F3N9O2/c1-15-5-7-17(8-6-15)13-35-25(43)20-11-18(29)10-16(2)23(20)36-26(44)22-12-19(14-41-39-27(37-40-41)28(31,32)33)38-42(22)24-21(30)4-3-9-34-24/h3-12H,13-14H2,1-2H3,(H,35,43)(H,36,44). The van der Waals surface area contributed by atoms with Gasteiger partial charge < -0.3 is 10.6 Å². The first-order chi connectivity index (χ1) is 20.9. The highest BCUT2D eigenvalue weighted by atomic mass is 35.5. The molecule has 226 valence electrons. The van der Waals surface area contributed by atoms with Crippen molar-refractivity contribution >= 4 is 40.7 Å². The largest absolute Gasteiger partial charge is 0.455 e. The van der Waals surface area contributed by atoms with Gasteiger partial charge in [0, 0.05) is 17.8 Å². The number of nitrogens with zero attached hydrogens (tertiary/aromatic N) is 7. The van der Waals surface area contributed by atoms with E-state index >= 15 is 0 Å². The van der Waals surface area contributed by atoms with Crippen molar-refractivity contribution in [1.82, 2.24) is 40.3 Å². The predicted molar refractivity (Wildman–Crippen MR) is 155 cm³/mol. The Morgan fingerprint density at radius 1 is 0.977 bits per heavy atom. The molecule has 0 aliphatic heterocycles. The van der Waals surface area contributed by atoms with Gasteiger partial charge in [-0.3, -0.25) is 9.59 Å². The Morgan fingerprint density at radius 3 is 2.41 bits per heavy atom. The molecule has 0 radical (unpaired) electrons. The highest BCUT2D eigenvalue weighted by Crippen LogP contribution is 2.28. The number of aryl methyl sites for hydroxylation is 2. The summed E-state index contributed by atoms with van der Waals surface area (Å²) >= 11 is 12.6. The van der Waals surface area contributed by atoms with Crippen LogP contribution in [0.1, 0.15) is 49.1 Å². The summed E-state index contributed by atoms with van der Waals surface area (Å²) in [6.07, 6.45) is -3.36. The molecule has 2 aromatic carbocycles. The number of rotatable bonds is 8. The SMILES string of the molecule is Cc1ccc(CNC(=O)c2cc(Cl)cc(C)c2NC(=O)c2cc(Cn3nnc(C(F)(F)F)n3)nn2-c2ncccc2Cl)cc1. The van der Waals surface area contributed by atoms with Gasteiger partial charge in [0.15, 0.2) is 5.82 Å². The van der Waals surface area contributed by atoms with Crippen LogP contribution in [-0.4, -0.2) is 46.8 Å². The summed E-state index contributed by atoms with van der Waals surface area (Å²) in [5.41, 5.74) is 2.78. The second kappa shape index (κ2) is 12.4. The van der Waals surface area contributed by atoms with E-state index in [1.165, 1.54) is 24.4 Å². The summed E-state index contributed by atoms with van der Waals surface area (Å²) < 4.78 is 40.1. The molecule has 5 aromatic rings. The van der Waals surface area contributed by atoms with Gasteiger partial charge in [-0.05, 0) is 60.5 Å². The van der Waals surface area contributed by atoms with E-state index in [-0.39, 0.29) is 51.6 Å². The molecule has 44 heavy (non-hydrogen) atoms. The molecule has 0 saturated heterocycles. The van der Waals surface area contributed by atoms with Gasteiger partial charge in [0.05, 0.1) is 22.0 Å². The maximum atomic E-state index is 13.7. The Balaban J connectivity index is 1.46. The topological polar surface area (TPSA) is 133 Å². The minimum Gasteiger partial charge on any atom is -0.348 e. The van der Waals surface area contributed by atoms with Gasteiger partial charge in [0.2, 0.25) is 0 Å². The Bertz CT molecular complexity index is 1850. The second-order valence-corrected chi connectivity index (χ2v) is 10.5. The molecular weight excluding hydrogens is 622 g/mol. The molecule has 0 aliphatic rings. The molecular formula is C28H22Cl2F3N9O2. The zero-order chi connectivity index (χ0) is 31.6. The van der Waals surface area contributed by atoms with Crippen LogP contribution in [0.25, 0.3) is 5.82 Å². The van der Waals surface area contributed by atoms with Gasteiger partial charge in [-0.2, -0.15) is 23.1 Å². The molecule has 3 aromatic heterocycles. The molecule has 2 amide bonds. The Morgan fingerprint density at radius 2 is 1.73 bits per heavy atom. The predicted octanol–water partition coefficient (Wildman–Crippen LogP) is 5.43. The van der Waals surface area contributed by atoms with Crippen LogP contribution in [0.4, 0.5) is 18.9 Å². The molecule has 5 rings (SSSR count). The van der Waals surface area contributed by atoms with Crippen LogP contribution in [-0.2, 0) is 19.3 Å². The summed E-state index contributed by atoms with van der Waals surface area (Å²) in [4.78, 5) is 31.9. The number of benzene rings is 2. The first kappa shape index (κ1) is 30.6. The lowest BCUT2D eigenvalue weighted by Gasteiger charge is -2.15. The highest BCUT2D eigenvalue weighted by Gasteiger charge is 2.37. The first-order valence-corrected chi connectivity index (χ1v) is 13.6. The third-order valence-electron chi connectivity index (χ3n) is 6.30. The van der Waals surface area contributed by atoms with E-state index < -0.39 is 23.8 Å². The van der Waals surface area contributed by atoms with Gasteiger partial charge >= 0.3 is 6.18 Å². The van der Waals surface area contributed by atoms with Crippen LogP contribution in [0.2, 0.25) is 10.0 Å². The lowest BCUT2D eigenvalue weighted by Crippen LogP contribution is -2.26. The second-order valence-electron chi connectivity index (χ2n) is 9.65. The number of pyridine rings is 1. The minimum absolute atomic E-state index is 0.0805. The fourth-order valence-electron chi connectivity index (χ4n) is 4.18. The van der Waals surface area contributed by atoms with E-state index in [1.807, 2.05) is 31.2 Å². The lowest BCUT2D eigenvalue weighted by atomic mass is 10.1. The molecule has 16 heteroatoms. The van der Waals surface area contributed by atoms with Crippen molar-refractivity contribution in [2.75, 3.05) is 5.32 Å². The Labute approximate surface area is 258 Å². The van der Waals surface area contributed by atoms with Crippen molar-refractivity contribution in [3.05, 3.63) is 110 Å². The van der Waals surface area contributed by atoms with Gasteiger partial charge in [-0.25, -0.2) is 9.67 Å². The quantitative estimate of drug-likeness (QED) is 0.230. The number of alkyl halides is 3. The molecule has 0 bridgehead atoms. The van der Waals surface area contributed by atoms with E-state index in [9.17, 15) is 22.8 Å². The van der Waals surface area contributed by atoms with Crippen LogP contribution in [0, 0.1) is 13.8 Å². The van der Waals surface area contributed by atoms with Gasteiger partial charge in [0.1, 0.15) is 12.2 Å². The van der Waals surface area contributed by atoms with Crippen molar-refractivity contribution < 1.29 is 22.8 Å². The number of carbonyl (C=O) groups is 2. The smallest absolute Gasteiger partial charge is 0.348 e. The number of halogens is 5. The monoisotopic (exact) mass is 643 g/mol. The third-order valence-corrected chi connectivity index (χ3v) is 6.81. The number of carbonyl (C=O) groups excluding carboxylic acids is 2. The maximum absolute atomic E-state index is 13.7. The number of amides is 2. The fraction of sp³-hybridized carbons (Fsp3) is 0.179. The Kier molecular flexibility index (Phi) is 8.65. The molecule has 3 heterocycles. The van der Waals surface area contributed by atoms with E-state index in [0.29, 0.717) is 10.4 Å². The zero-order valence-electron chi connectivity index (χ0n) is 23.0. The molecule has 0 aliphatic carbocycles. The molecule has 0 saturated carbocycles. The van der Waals surface area contributed by atoms with Gasteiger partial charge in [-0.15, -0.1) is 10.2 Å². The van der Waals surface area contributed by atoms with Crippen LogP contribution in [0.5, 0.6) is 0 Å². The van der Waals surface area contributed by atoms with Crippen LogP contribution < -0.4 is 10.6 Å².